The molecule has 1 aromatic carbocycles. The predicted octanol–water partition coefficient (Wildman–Crippen LogP) is 1.38. The van der Waals surface area contributed by atoms with Gasteiger partial charge in [0, 0.05) is 31.9 Å². The molecule has 1 atom stereocenters. The van der Waals surface area contributed by atoms with Gasteiger partial charge in [-0.05, 0) is 18.9 Å². The summed E-state index contributed by atoms with van der Waals surface area (Å²) in [5.41, 5.74) is 1.02. The van der Waals surface area contributed by atoms with Crippen LogP contribution in [0.2, 0.25) is 0 Å². The van der Waals surface area contributed by atoms with E-state index in [2.05, 4.69) is 15.0 Å². The van der Waals surface area contributed by atoms with E-state index in [0.29, 0.717) is 6.42 Å². The summed E-state index contributed by atoms with van der Waals surface area (Å²) in [4.78, 5) is 16.4. The lowest BCUT2D eigenvalue weighted by atomic mass is 10.0. The topological polar surface area (TPSA) is 93.1 Å². The molecule has 0 aliphatic rings. The molecule has 7 nitrogen and oxygen atoms in total. The molecule has 136 valence electrons. The summed E-state index contributed by atoms with van der Waals surface area (Å²) < 4.78 is 26.5. The Kier molecular flexibility index (Phi) is 6.72. The van der Waals surface area contributed by atoms with Gasteiger partial charge in [-0.25, -0.2) is 18.1 Å². The number of imidazole rings is 1. The molecule has 25 heavy (non-hydrogen) atoms. The molecule has 0 saturated heterocycles. The van der Waals surface area contributed by atoms with Crippen molar-refractivity contribution in [2.24, 2.45) is 0 Å². The number of nitrogens with zero attached hydrogens (tertiary/aromatic N) is 2. The Balaban J connectivity index is 1.97. The van der Waals surface area contributed by atoms with Crippen molar-refractivity contribution in [1.82, 2.24) is 19.6 Å². The number of benzene rings is 1. The third-order valence-corrected chi connectivity index (χ3v) is 4.56. The van der Waals surface area contributed by atoms with E-state index >= 15 is 0 Å². The number of amides is 1. The zero-order chi connectivity index (χ0) is 18.3. The second-order valence-corrected chi connectivity index (χ2v) is 7.74. The van der Waals surface area contributed by atoms with Crippen LogP contribution in [0, 0.1) is 6.92 Å². The average Bonchev–Trinajstić information content (AvgIpc) is 2.96. The highest BCUT2D eigenvalue weighted by Gasteiger charge is 2.15. The maximum Gasteiger partial charge on any atom is 0.221 e. The summed E-state index contributed by atoms with van der Waals surface area (Å²) >= 11 is 0. The van der Waals surface area contributed by atoms with Crippen LogP contribution in [0.3, 0.4) is 0 Å². The van der Waals surface area contributed by atoms with E-state index in [4.69, 9.17) is 0 Å². The summed E-state index contributed by atoms with van der Waals surface area (Å²) in [5.74, 6) is 0.739. The maximum absolute atomic E-state index is 12.2. The molecule has 0 radical (unpaired) electrons. The van der Waals surface area contributed by atoms with Crippen LogP contribution in [0.25, 0.3) is 0 Å². The van der Waals surface area contributed by atoms with E-state index in [1.54, 1.807) is 6.20 Å². The first-order valence-corrected chi connectivity index (χ1v) is 10.0. The van der Waals surface area contributed by atoms with Crippen molar-refractivity contribution in [1.29, 1.82) is 0 Å². The first-order valence-electron chi connectivity index (χ1n) is 8.12. The van der Waals surface area contributed by atoms with E-state index in [1.165, 1.54) is 0 Å². The van der Waals surface area contributed by atoms with Crippen LogP contribution in [0.5, 0.6) is 0 Å². The second kappa shape index (κ2) is 8.77. The molecular weight excluding hydrogens is 340 g/mol. The number of carbonyl (C=O) groups excluding carboxylic acids is 1. The van der Waals surface area contributed by atoms with Crippen molar-refractivity contribution < 1.29 is 13.2 Å². The number of rotatable bonds is 9. The van der Waals surface area contributed by atoms with Crippen molar-refractivity contribution in [3.8, 4) is 0 Å². The van der Waals surface area contributed by atoms with Crippen molar-refractivity contribution >= 4 is 15.9 Å². The van der Waals surface area contributed by atoms with Crippen LogP contribution < -0.4 is 10.0 Å². The highest BCUT2D eigenvalue weighted by Crippen LogP contribution is 2.18. The molecule has 0 spiro atoms. The Labute approximate surface area is 148 Å². The van der Waals surface area contributed by atoms with Gasteiger partial charge in [-0.2, -0.15) is 0 Å². The first kappa shape index (κ1) is 19.1. The van der Waals surface area contributed by atoms with Gasteiger partial charge in [0.2, 0.25) is 15.9 Å². The number of sulfonamides is 1. The minimum Gasteiger partial charge on any atom is -0.349 e. The highest BCUT2D eigenvalue weighted by atomic mass is 32.2. The van der Waals surface area contributed by atoms with Crippen molar-refractivity contribution in [2.45, 2.75) is 32.4 Å². The van der Waals surface area contributed by atoms with Gasteiger partial charge in [-0.1, -0.05) is 30.3 Å². The van der Waals surface area contributed by atoms with Crippen molar-refractivity contribution in [3.05, 3.63) is 54.1 Å². The van der Waals surface area contributed by atoms with Gasteiger partial charge in [0.05, 0.1) is 12.3 Å². The third kappa shape index (κ3) is 6.67. The Morgan fingerprint density at radius 1 is 1.28 bits per heavy atom. The van der Waals surface area contributed by atoms with Gasteiger partial charge < -0.3 is 9.88 Å². The molecule has 2 aromatic rings. The number of aromatic nitrogens is 2. The van der Waals surface area contributed by atoms with E-state index in [1.807, 2.05) is 48.0 Å². The van der Waals surface area contributed by atoms with E-state index in [0.717, 1.165) is 24.2 Å². The monoisotopic (exact) mass is 364 g/mol. The minimum absolute atomic E-state index is 0.0901. The van der Waals surface area contributed by atoms with Crippen LogP contribution in [0.15, 0.2) is 42.7 Å². The van der Waals surface area contributed by atoms with Crippen molar-refractivity contribution in [3.63, 3.8) is 0 Å². The summed E-state index contributed by atoms with van der Waals surface area (Å²) in [7, 11) is -3.29. The molecule has 2 rings (SSSR count). The number of nitrogens with one attached hydrogen (secondary N) is 2. The summed E-state index contributed by atoms with van der Waals surface area (Å²) in [5, 5.41) is 2.99. The van der Waals surface area contributed by atoms with Crippen LogP contribution in [0.4, 0.5) is 0 Å². The lowest BCUT2D eigenvalue weighted by molar-refractivity contribution is -0.121. The SMILES string of the molecule is Cc1nccn1CCC(NC(=O)CCNS(C)(=O)=O)c1ccccc1. The maximum atomic E-state index is 12.2. The number of hydrogen-bond donors (Lipinski definition) is 2. The minimum atomic E-state index is -3.29. The molecule has 1 unspecified atom stereocenters. The smallest absolute Gasteiger partial charge is 0.221 e. The van der Waals surface area contributed by atoms with Gasteiger partial charge in [0.25, 0.3) is 0 Å². The molecule has 0 aliphatic heterocycles. The fraction of sp³-hybridized carbons (Fsp3) is 0.412. The first-order chi connectivity index (χ1) is 11.8. The third-order valence-electron chi connectivity index (χ3n) is 3.84. The van der Waals surface area contributed by atoms with Gasteiger partial charge >= 0.3 is 0 Å². The summed E-state index contributed by atoms with van der Waals surface area (Å²) in [6.07, 6.45) is 5.55. The quantitative estimate of drug-likeness (QED) is 0.703. The standard InChI is InChI=1S/C17H24N4O3S/c1-14-18-11-13-21(14)12-9-16(15-6-4-3-5-7-15)20-17(22)8-10-19-25(2,23)24/h3-7,11,13,16,19H,8-10,12H2,1-2H3,(H,20,22). The average molecular weight is 364 g/mol. The van der Waals surface area contributed by atoms with Crippen LogP contribution in [-0.2, 0) is 21.4 Å². The molecule has 1 aromatic heterocycles. The zero-order valence-corrected chi connectivity index (χ0v) is 15.3. The molecule has 1 amide bonds. The fourth-order valence-corrected chi connectivity index (χ4v) is 3.01. The Morgan fingerprint density at radius 3 is 2.60 bits per heavy atom. The Bertz CT molecular complexity index is 787. The summed E-state index contributed by atoms with van der Waals surface area (Å²) in [6, 6.07) is 9.60. The molecule has 8 heteroatoms. The van der Waals surface area contributed by atoms with Crippen molar-refractivity contribution in [2.75, 3.05) is 12.8 Å². The molecule has 0 saturated carbocycles. The molecule has 1 heterocycles. The Hall–Kier alpha value is -2.19. The van der Waals surface area contributed by atoms with Crippen LogP contribution >= 0.6 is 0 Å². The lowest BCUT2D eigenvalue weighted by Crippen LogP contribution is -2.33. The predicted molar refractivity (Wildman–Crippen MR) is 96.4 cm³/mol. The number of aryl methyl sites for hydroxylation is 2. The van der Waals surface area contributed by atoms with Crippen LogP contribution in [-0.4, -0.2) is 36.7 Å². The van der Waals surface area contributed by atoms with Gasteiger partial charge in [-0.3, -0.25) is 4.79 Å². The molecule has 0 fully saturated rings. The summed E-state index contributed by atoms with van der Waals surface area (Å²) in [6.45, 7) is 2.76. The molecular formula is C17H24N4O3S. The van der Waals surface area contributed by atoms with Gasteiger partial charge in [-0.15, -0.1) is 0 Å². The zero-order valence-electron chi connectivity index (χ0n) is 14.5. The molecule has 0 aliphatic carbocycles. The second-order valence-electron chi connectivity index (χ2n) is 5.90. The Morgan fingerprint density at radius 2 is 2.00 bits per heavy atom. The lowest BCUT2D eigenvalue weighted by Gasteiger charge is -2.20. The van der Waals surface area contributed by atoms with Gasteiger partial charge in [0.1, 0.15) is 5.82 Å². The largest absolute Gasteiger partial charge is 0.349 e. The molecule has 0 bridgehead atoms. The fourth-order valence-electron chi connectivity index (χ4n) is 2.53. The van der Waals surface area contributed by atoms with E-state index in [9.17, 15) is 13.2 Å². The number of carbonyl (C=O) groups is 1. The normalized spacial score (nSPS) is 12.7. The van der Waals surface area contributed by atoms with E-state index < -0.39 is 10.0 Å². The number of hydrogen-bond acceptors (Lipinski definition) is 4. The van der Waals surface area contributed by atoms with Gasteiger partial charge in [0.15, 0.2) is 0 Å². The molecule has 2 N–H and O–H groups in total. The van der Waals surface area contributed by atoms with E-state index in [-0.39, 0.29) is 24.9 Å². The van der Waals surface area contributed by atoms with Crippen LogP contribution in [0.1, 0.15) is 30.3 Å². The highest BCUT2D eigenvalue weighted by molar-refractivity contribution is 7.88.